The van der Waals surface area contributed by atoms with Gasteiger partial charge in [0.2, 0.25) is 0 Å². The molecule has 0 spiro atoms. The van der Waals surface area contributed by atoms with Gasteiger partial charge in [0.15, 0.2) is 0 Å². The monoisotopic (exact) mass is 419 g/mol. The number of hydrogen-bond donors (Lipinski definition) is 2. The lowest BCUT2D eigenvalue weighted by Gasteiger charge is -2.22. The molecule has 2 N–H and O–H groups in total. The quantitative estimate of drug-likeness (QED) is 0.711. The van der Waals surface area contributed by atoms with Gasteiger partial charge < -0.3 is 10.1 Å². The van der Waals surface area contributed by atoms with Crippen molar-refractivity contribution in [1.82, 2.24) is 9.62 Å². The molecule has 0 unspecified atom stereocenters. The predicted molar refractivity (Wildman–Crippen MR) is 111 cm³/mol. The number of unbranched alkanes of at least 4 members (excludes halogenated alkanes) is 1. The number of aryl methyl sites for hydroxylation is 1. The number of sulfonamides is 1. The Morgan fingerprint density at radius 3 is 2.34 bits per heavy atom. The second-order valence-corrected chi connectivity index (χ2v) is 8.19. The number of ether oxygens (including phenoxy) is 1. The number of hydrogen-bond acceptors (Lipinski definition) is 5. The Labute approximate surface area is 170 Å². The number of nitrogens with zero attached hydrogens (tertiary/aromatic N) is 1. The minimum absolute atomic E-state index is 0.0144. The van der Waals surface area contributed by atoms with Crippen molar-refractivity contribution in [3.05, 3.63) is 54.1 Å². The van der Waals surface area contributed by atoms with Gasteiger partial charge >= 0.3 is 12.1 Å². The second-order valence-electron chi connectivity index (χ2n) is 6.33. The van der Waals surface area contributed by atoms with Crippen LogP contribution < -0.4 is 15.4 Å². The Kier molecular flexibility index (Phi) is 7.60. The summed E-state index contributed by atoms with van der Waals surface area (Å²) in [6.45, 7) is 3.67. The summed E-state index contributed by atoms with van der Waals surface area (Å²) in [6, 6.07) is 11.0. The minimum Gasteiger partial charge on any atom is -0.495 e. The van der Waals surface area contributed by atoms with Crippen LogP contribution in [0.2, 0.25) is 0 Å². The Morgan fingerprint density at radius 2 is 1.72 bits per heavy atom. The van der Waals surface area contributed by atoms with Gasteiger partial charge in [-0.25, -0.2) is 22.3 Å². The molecule has 2 aromatic carbocycles. The summed E-state index contributed by atoms with van der Waals surface area (Å²) < 4.78 is 31.7. The third-order valence-electron chi connectivity index (χ3n) is 4.13. The fraction of sp³-hybridized carbons (Fsp3) is 0.300. The van der Waals surface area contributed by atoms with Crippen molar-refractivity contribution in [3.63, 3.8) is 0 Å². The molecular weight excluding hydrogens is 394 g/mol. The van der Waals surface area contributed by atoms with Crippen LogP contribution in [0.3, 0.4) is 0 Å². The van der Waals surface area contributed by atoms with E-state index >= 15 is 0 Å². The summed E-state index contributed by atoms with van der Waals surface area (Å²) in [5.41, 5.74) is 1.24. The van der Waals surface area contributed by atoms with Gasteiger partial charge in [0.25, 0.3) is 10.0 Å². The standard InChI is InChI=1S/C20H25N3O5S/c1-4-5-14-23(29(26,27)16-12-10-15(2)11-13-16)20(25)22-19(24)21-17-8-6-7-9-18(17)28-3/h6-13H,4-5,14H2,1-3H3,(H2,21,22,24,25). The zero-order valence-electron chi connectivity index (χ0n) is 16.6. The van der Waals surface area contributed by atoms with E-state index in [2.05, 4.69) is 10.6 Å². The summed E-state index contributed by atoms with van der Waals surface area (Å²) in [5, 5.41) is 4.56. The van der Waals surface area contributed by atoms with Crippen molar-refractivity contribution in [3.8, 4) is 5.75 Å². The Bertz CT molecular complexity index is 958. The van der Waals surface area contributed by atoms with E-state index in [0.29, 0.717) is 28.6 Å². The van der Waals surface area contributed by atoms with E-state index in [1.54, 1.807) is 36.4 Å². The van der Waals surface area contributed by atoms with Crippen LogP contribution in [0.1, 0.15) is 25.3 Å². The van der Waals surface area contributed by atoms with E-state index in [0.717, 1.165) is 5.56 Å². The van der Waals surface area contributed by atoms with Gasteiger partial charge in [-0.1, -0.05) is 43.2 Å². The van der Waals surface area contributed by atoms with Crippen molar-refractivity contribution in [2.24, 2.45) is 0 Å². The van der Waals surface area contributed by atoms with Crippen LogP contribution in [0.15, 0.2) is 53.4 Å². The Hall–Kier alpha value is -3.07. The number of methoxy groups -OCH3 is 1. The first-order chi connectivity index (χ1) is 13.8. The van der Waals surface area contributed by atoms with E-state index < -0.39 is 22.1 Å². The second kappa shape index (κ2) is 9.92. The maximum Gasteiger partial charge on any atom is 0.339 e. The van der Waals surface area contributed by atoms with Crippen LogP contribution in [0.25, 0.3) is 0 Å². The number of para-hydroxylation sites is 2. The van der Waals surface area contributed by atoms with Crippen molar-refractivity contribution in [2.45, 2.75) is 31.6 Å². The first-order valence-electron chi connectivity index (χ1n) is 9.14. The highest BCUT2D eigenvalue weighted by Crippen LogP contribution is 2.23. The molecule has 156 valence electrons. The number of rotatable bonds is 7. The molecule has 0 saturated heterocycles. The average Bonchev–Trinajstić information content (AvgIpc) is 2.68. The molecule has 29 heavy (non-hydrogen) atoms. The van der Waals surface area contributed by atoms with Gasteiger partial charge in [0.1, 0.15) is 5.75 Å². The third kappa shape index (κ3) is 5.71. The van der Waals surface area contributed by atoms with Crippen LogP contribution >= 0.6 is 0 Å². The summed E-state index contributed by atoms with van der Waals surface area (Å²) in [4.78, 5) is 24.9. The highest BCUT2D eigenvalue weighted by Gasteiger charge is 2.30. The molecule has 0 aliphatic carbocycles. The van der Waals surface area contributed by atoms with Crippen molar-refractivity contribution < 1.29 is 22.7 Å². The van der Waals surface area contributed by atoms with Crippen molar-refractivity contribution in [2.75, 3.05) is 19.0 Å². The first-order valence-corrected chi connectivity index (χ1v) is 10.6. The van der Waals surface area contributed by atoms with Gasteiger partial charge in [0.05, 0.1) is 17.7 Å². The lowest BCUT2D eigenvalue weighted by atomic mass is 10.2. The number of imide groups is 1. The van der Waals surface area contributed by atoms with Crippen LogP contribution in [0.5, 0.6) is 5.75 Å². The molecule has 0 aliphatic rings. The summed E-state index contributed by atoms with van der Waals surface area (Å²) in [5.74, 6) is 0.408. The normalized spacial score (nSPS) is 10.9. The molecule has 0 bridgehead atoms. The number of carbonyl (C=O) groups excluding carboxylic acids is 2. The first kappa shape index (κ1) is 22.2. The zero-order chi connectivity index (χ0) is 21.4. The molecule has 2 aromatic rings. The van der Waals surface area contributed by atoms with E-state index in [4.69, 9.17) is 4.74 Å². The van der Waals surface area contributed by atoms with Gasteiger partial charge in [0, 0.05) is 6.54 Å². The van der Waals surface area contributed by atoms with E-state index in [1.807, 2.05) is 13.8 Å². The zero-order valence-corrected chi connectivity index (χ0v) is 17.5. The summed E-state index contributed by atoms with van der Waals surface area (Å²) in [6.07, 6.45) is 1.15. The summed E-state index contributed by atoms with van der Waals surface area (Å²) in [7, 11) is -2.66. The van der Waals surface area contributed by atoms with Gasteiger partial charge in [-0.3, -0.25) is 5.32 Å². The Morgan fingerprint density at radius 1 is 1.07 bits per heavy atom. The average molecular weight is 420 g/mol. The van der Waals surface area contributed by atoms with Gasteiger partial charge in [-0.15, -0.1) is 0 Å². The van der Waals surface area contributed by atoms with Crippen molar-refractivity contribution >= 4 is 27.8 Å². The number of urea groups is 2. The molecule has 9 heteroatoms. The molecule has 0 heterocycles. The van der Waals surface area contributed by atoms with Crippen LogP contribution in [-0.4, -0.2) is 38.4 Å². The highest BCUT2D eigenvalue weighted by molar-refractivity contribution is 7.89. The molecule has 8 nitrogen and oxygen atoms in total. The number of nitrogens with one attached hydrogen (secondary N) is 2. The predicted octanol–water partition coefficient (Wildman–Crippen LogP) is 3.74. The molecule has 0 aromatic heterocycles. The molecule has 0 atom stereocenters. The Balaban J connectivity index is 2.20. The van der Waals surface area contributed by atoms with Gasteiger partial charge in [-0.05, 0) is 37.6 Å². The number of anilines is 1. The van der Waals surface area contributed by atoms with E-state index in [1.165, 1.54) is 19.2 Å². The minimum atomic E-state index is -4.10. The number of amides is 4. The van der Waals surface area contributed by atoms with Crippen LogP contribution in [0.4, 0.5) is 15.3 Å². The molecule has 4 amide bonds. The largest absolute Gasteiger partial charge is 0.495 e. The third-order valence-corrected chi connectivity index (χ3v) is 5.92. The fourth-order valence-corrected chi connectivity index (χ4v) is 3.90. The molecular formula is C20H25N3O5S. The molecule has 2 rings (SSSR count). The molecule has 0 aliphatic heterocycles. The molecule has 0 saturated carbocycles. The summed E-state index contributed by atoms with van der Waals surface area (Å²) >= 11 is 0. The van der Waals surface area contributed by atoms with Gasteiger partial charge in [-0.2, -0.15) is 0 Å². The van der Waals surface area contributed by atoms with E-state index in [9.17, 15) is 18.0 Å². The van der Waals surface area contributed by atoms with Crippen LogP contribution in [0, 0.1) is 6.92 Å². The topological polar surface area (TPSA) is 105 Å². The van der Waals surface area contributed by atoms with Crippen molar-refractivity contribution in [1.29, 1.82) is 0 Å². The number of carbonyl (C=O) groups is 2. The highest BCUT2D eigenvalue weighted by atomic mass is 32.2. The lowest BCUT2D eigenvalue weighted by Crippen LogP contribution is -2.47. The lowest BCUT2D eigenvalue weighted by molar-refractivity contribution is 0.218. The van der Waals surface area contributed by atoms with Crippen LogP contribution in [-0.2, 0) is 10.0 Å². The molecule has 0 fully saturated rings. The maximum atomic E-state index is 12.9. The number of benzene rings is 2. The molecule has 0 radical (unpaired) electrons. The maximum absolute atomic E-state index is 12.9. The SMILES string of the molecule is CCCCN(C(=O)NC(=O)Nc1ccccc1OC)S(=O)(=O)c1ccc(C)cc1. The fourth-order valence-electron chi connectivity index (χ4n) is 2.53. The smallest absolute Gasteiger partial charge is 0.339 e. The van der Waals surface area contributed by atoms with E-state index in [-0.39, 0.29) is 11.4 Å².